The minimum atomic E-state index is -0.440. The number of hydrogen-bond donors (Lipinski definition) is 1. The lowest BCUT2D eigenvalue weighted by Gasteiger charge is -2.06. The van der Waals surface area contributed by atoms with E-state index in [1.54, 1.807) is 13.0 Å². The van der Waals surface area contributed by atoms with Crippen molar-refractivity contribution < 1.29 is 9.66 Å². The molecule has 1 N–H and O–H groups in total. The summed E-state index contributed by atoms with van der Waals surface area (Å²) in [6.45, 7) is 5.25. The van der Waals surface area contributed by atoms with Crippen molar-refractivity contribution in [2.24, 2.45) is 0 Å². The molecule has 0 unspecified atom stereocenters. The number of benzene rings is 1. The van der Waals surface area contributed by atoms with Gasteiger partial charge in [0.15, 0.2) is 5.75 Å². The van der Waals surface area contributed by atoms with Gasteiger partial charge in [-0.05, 0) is 25.1 Å². The molecule has 0 atom stereocenters. The van der Waals surface area contributed by atoms with E-state index in [1.807, 2.05) is 13.0 Å². The Kier molecular flexibility index (Phi) is 5.68. The molecular formula is C13H16N2O3. The molecule has 0 radical (unpaired) electrons. The summed E-state index contributed by atoms with van der Waals surface area (Å²) in [7, 11) is 0. The molecule has 0 aliphatic carbocycles. The van der Waals surface area contributed by atoms with Gasteiger partial charge in [0, 0.05) is 12.6 Å². The molecule has 1 aromatic rings. The Morgan fingerprint density at radius 3 is 2.89 bits per heavy atom. The van der Waals surface area contributed by atoms with Crippen LogP contribution in [0.5, 0.6) is 5.75 Å². The van der Waals surface area contributed by atoms with E-state index in [4.69, 9.17) is 4.74 Å². The lowest BCUT2D eigenvalue weighted by Crippen LogP contribution is -2.12. The normalized spacial score (nSPS) is 9.44. The third-order valence-corrected chi connectivity index (χ3v) is 2.28. The quantitative estimate of drug-likeness (QED) is 0.475. The SMILES string of the molecule is CC#CCOc1ccc(CNCC)cc1[N+](=O)[O-]. The molecule has 0 aliphatic heterocycles. The van der Waals surface area contributed by atoms with Gasteiger partial charge in [-0.3, -0.25) is 10.1 Å². The molecule has 1 rings (SSSR count). The predicted molar refractivity (Wildman–Crippen MR) is 69.4 cm³/mol. The zero-order valence-electron chi connectivity index (χ0n) is 10.5. The average Bonchev–Trinajstić information content (AvgIpc) is 2.37. The van der Waals surface area contributed by atoms with Crippen LogP contribution in [0.4, 0.5) is 5.69 Å². The molecule has 1 aromatic carbocycles. The topological polar surface area (TPSA) is 64.4 Å². The summed E-state index contributed by atoms with van der Waals surface area (Å²) in [4.78, 5) is 10.5. The smallest absolute Gasteiger partial charge is 0.311 e. The molecule has 0 saturated carbocycles. The number of nitro groups is 1. The zero-order chi connectivity index (χ0) is 13.4. The fraction of sp³-hybridized carbons (Fsp3) is 0.385. The summed E-state index contributed by atoms with van der Waals surface area (Å²) in [5.74, 6) is 5.63. The van der Waals surface area contributed by atoms with Gasteiger partial charge in [0.2, 0.25) is 0 Å². The molecule has 0 saturated heterocycles. The van der Waals surface area contributed by atoms with Gasteiger partial charge in [-0.1, -0.05) is 18.9 Å². The van der Waals surface area contributed by atoms with Crippen LogP contribution in [-0.2, 0) is 6.54 Å². The summed E-state index contributed by atoms with van der Waals surface area (Å²) < 4.78 is 5.26. The summed E-state index contributed by atoms with van der Waals surface area (Å²) in [5, 5.41) is 14.1. The molecule has 18 heavy (non-hydrogen) atoms. The molecule has 0 fully saturated rings. The van der Waals surface area contributed by atoms with Gasteiger partial charge in [-0.2, -0.15) is 0 Å². The number of ether oxygens (including phenoxy) is 1. The Hall–Kier alpha value is -2.06. The Labute approximate surface area is 106 Å². The summed E-state index contributed by atoms with van der Waals surface area (Å²) in [6.07, 6.45) is 0. The third-order valence-electron chi connectivity index (χ3n) is 2.28. The van der Waals surface area contributed by atoms with E-state index in [1.165, 1.54) is 6.07 Å². The second-order valence-corrected chi connectivity index (χ2v) is 3.55. The maximum atomic E-state index is 10.9. The predicted octanol–water partition coefficient (Wildman–Crippen LogP) is 2.11. The molecule has 5 heteroatoms. The second-order valence-electron chi connectivity index (χ2n) is 3.55. The van der Waals surface area contributed by atoms with Crippen LogP contribution in [0.1, 0.15) is 19.4 Å². The Balaban J connectivity index is 2.88. The minimum absolute atomic E-state index is 0.0247. The Bertz CT molecular complexity index is 475. The van der Waals surface area contributed by atoms with Crippen molar-refractivity contribution in [1.82, 2.24) is 5.32 Å². The van der Waals surface area contributed by atoms with Crippen LogP contribution in [0.25, 0.3) is 0 Å². The fourth-order valence-electron chi connectivity index (χ4n) is 1.39. The molecule has 0 aromatic heterocycles. The molecular weight excluding hydrogens is 232 g/mol. The van der Waals surface area contributed by atoms with Crippen LogP contribution in [0.15, 0.2) is 18.2 Å². The van der Waals surface area contributed by atoms with Gasteiger partial charge in [-0.15, -0.1) is 5.92 Å². The summed E-state index contributed by atoms with van der Waals surface area (Å²) in [6, 6.07) is 4.95. The van der Waals surface area contributed by atoms with Gasteiger partial charge >= 0.3 is 5.69 Å². The molecule has 96 valence electrons. The van der Waals surface area contributed by atoms with Crippen LogP contribution in [0, 0.1) is 22.0 Å². The molecule has 0 aliphatic rings. The molecule has 0 spiro atoms. The monoisotopic (exact) mass is 248 g/mol. The Morgan fingerprint density at radius 2 is 2.28 bits per heavy atom. The summed E-state index contributed by atoms with van der Waals surface area (Å²) >= 11 is 0. The van der Waals surface area contributed by atoms with Gasteiger partial charge < -0.3 is 10.1 Å². The number of hydrogen-bond acceptors (Lipinski definition) is 4. The van der Waals surface area contributed by atoms with Crippen molar-refractivity contribution in [1.29, 1.82) is 0 Å². The average molecular weight is 248 g/mol. The van der Waals surface area contributed by atoms with Crippen molar-refractivity contribution in [3.8, 4) is 17.6 Å². The number of nitro benzene ring substituents is 1. The van der Waals surface area contributed by atoms with E-state index in [-0.39, 0.29) is 18.0 Å². The van der Waals surface area contributed by atoms with Crippen LogP contribution >= 0.6 is 0 Å². The van der Waals surface area contributed by atoms with Crippen molar-refractivity contribution in [2.45, 2.75) is 20.4 Å². The Morgan fingerprint density at radius 1 is 1.50 bits per heavy atom. The highest BCUT2D eigenvalue weighted by atomic mass is 16.6. The van der Waals surface area contributed by atoms with E-state index >= 15 is 0 Å². The lowest BCUT2D eigenvalue weighted by molar-refractivity contribution is -0.385. The van der Waals surface area contributed by atoms with Crippen LogP contribution < -0.4 is 10.1 Å². The maximum absolute atomic E-state index is 10.9. The highest BCUT2D eigenvalue weighted by Crippen LogP contribution is 2.27. The van der Waals surface area contributed by atoms with Crippen molar-refractivity contribution in [3.05, 3.63) is 33.9 Å². The largest absolute Gasteiger partial charge is 0.474 e. The van der Waals surface area contributed by atoms with Crippen molar-refractivity contribution in [2.75, 3.05) is 13.2 Å². The number of nitrogens with one attached hydrogen (secondary N) is 1. The standard InChI is InChI=1S/C13H16N2O3/c1-3-5-8-18-13-7-6-11(10-14-4-2)9-12(13)15(16)17/h6-7,9,14H,4,8,10H2,1-2H3. The summed E-state index contributed by atoms with van der Waals surface area (Å²) in [5.41, 5.74) is 0.834. The van der Waals surface area contributed by atoms with E-state index in [9.17, 15) is 10.1 Å². The highest BCUT2D eigenvalue weighted by molar-refractivity contribution is 5.48. The molecule has 0 heterocycles. The first-order chi connectivity index (χ1) is 8.69. The first kappa shape index (κ1) is 14.0. The number of rotatable bonds is 6. The maximum Gasteiger partial charge on any atom is 0.311 e. The number of nitrogens with zero attached hydrogens (tertiary/aromatic N) is 1. The van der Waals surface area contributed by atoms with Crippen LogP contribution in [0.3, 0.4) is 0 Å². The van der Waals surface area contributed by atoms with Crippen LogP contribution in [-0.4, -0.2) is 18.1 Å². The first-order valence-electron chi connectivity index (χ1n) is 5.69. The molecule has 0 bridgehead atoms. The zero-order valence-corrected chi connectivity index (χ0v) is 10.5. The first-order valence-corrected chi connectivity index (χ1v) is 5.69. The van der Waals surface area contributed by atoms with E-state index < -0.39 is 4.92 Å². The minimum Gasteiger partial charge on any atom is -0.474 e. The molecule has 5 nitrogen and oxygen atoms in total. The van der Waals surface area contributed by atoms with Crippen molar-refractivity contribution >= 4 is 5.69 Å². The van der Waals surface area contributed by atoms with Gasteiger partial charge in [0.05, 0.1) is 4.92 Å². The van der Waals surface area contributed by atoms with Gasteiger partial charge in [0.25, 0.3) is 0 Å². The lowest BCUT2D eigenvalue weighted by atomic mass is 10.2. The second kappa shape index (κ2) is 7.30. The van der Waals surface area contributed by atoms with E-state index in [0.29, 0.717) is 6.54 Å². The van der Waals surface area contributed by atoms with E-state index in [0.717, 1.165) is 12.1 Å². The fourth-order valence-corrected chi connectivity index (χ4v) is 1.39. The van der Waals surface area contributed by atoms with E-state index in [2.05, 4.69) is 17.2 Å². The van der Waals surface area contributed by atoms with Gasteiger partial charge in [0.1, 0.15) is 6.61 Å². The van der Waals surface area contributed by atoms with Crippen molar-refractivity contribution in [3.63, 3.8) is 0 Å². The highest BCUT2D eigenvalue weighted by Gasteiger charge is 2.15. The van der Waals surface area contributed by atoms with Gasteiger partial charge in [-0.25, -0.2) is 0 Å². The third kappa shape index (κ3) is 4.07. The van der Waals surface area contributed by atoms with Crippen LogP contribution in [0.2, 0.25) is 0 Å². The molecule has 0 amide bonds.